The topological polar surface area (TPSA) is 98.0 Å². The number of benzene rings is 2. The number of ketones is 1. The summed E-state index contributed by atoms with van der Waals surface area (Å²) in [6, 6.07) is 17.1. The van der Waals surface area contributed by atoms with E-state index in [1.165, 1.54) is 6.07 Å². The average Bonchev–Trinajstić information content (AvgIpc) is 3.29. The molecule has 0 atom stereocenters. The van der Waals surface area contributed by atoms with Crippen molar-refractivity contribution in [2.24, 2.45) is 0 Å². The molecule has 0 aliphatic carbocycles. The number of thioether (sulfide) groups is 1. The number of hydrogen-bond acceptors (Lipinski definition) is 7. The number of carbonyl (C=O) groups excluding carboxylic acids is 2. The molecule has 2 heterocycles. The molecule has 2 aromatic carbocycles. The van der Waals surface area contributed by atoms with Crippen LogP contribution in [0.25, 0.3) is 11.5 Å². The van der Waals surface area contributed by atoms with Crippen LogP contribution in [0.5, 0.6) is 0 Å². The van der Waals surface area contributed by atoms with E-state index in [1.54, 1.807) is 60.9 Å². The Morgan fingerprint density at radius 3 is 2.65 bits per heavy atom. The van der Waals surface area contributed by atoms with Gasteiger partial charge in [0.15, 0.2) is 5.78 Å². The smallest absolute Gasteiger partial charge is 0.277 e. The summed E-state index contributed by atoms with van der Waals surface area (Å²) in [6.07, 6.45) is 3.26. The zero-order chi connectivity index (χ0) is 21.6. The van der Waals surface area contributed by atoms with Crippen molar-refractivity contribution in [2.75, 3.05) is 11.1 Å². The van der Waals surface area contributed by atoms with Crippen LogP contribution in [0.1, 0.15) is 15.9 Å². The number of nitrogens with one attached hydrogen (secondary N) is 1. The summed E-state index contributed by atoms with van der Waals surface area (Å²) in [5.41, 5.74) is 1.89. The number of pyridine rings is 1. The van der Waals surface area contributed by atoms with Crippen molar-refractivity contribution in [1.82, 2.24) is 15.2 Å². The lowest BCUT2D eigenvalue weighted by Gasteiger charge is -2.11. The van der Waals surface area contributed by atoms with Gasteiger partial charge < -0.3 is 9.73 Å². The number of halogens is 1. The average molecular weight is 451 g/mol. The molecule has 7 nitrogen and oxygen atoms in total. The standard InChI is InChI=1S/C22H15ClN4O3S/c23-16-8-9-18(17(11-16)20(29)14-5-2-1-3-6-14)25-19(28)13-31-22-27-26-21(30-22)15-7-4-10-24-12-15/h1-12H,13H2,(H,25,28). The molecule has 0 aliphatic rings. The fraction of sp³-hybridized carbons (Fsp3) is 0.0455. The number of rotatable bonds is 7. The lowest BCUT2D eigenvalue weighted by molar-refractivity contribution is -0.113. The number of anilines is 1. The van der Waals surface area contributed by atoms with Gasteiger partial charge in [0.05, 0.1) is 17.0 Å². The summed E-state index contributed by atoms with van der Waals surface area (Å²) in [4.78, 5) is 29.4. The van der Waals surface area contributed by atoms with E-state index in [0.717, 1.165) is 11.8 Å². The van der Waals surface area contributed by atoms with Gasteiger partial charge in [-0.1, -0.05) is 53.7 Å². The molecule has 2 aromatic heterocycles. The van der Waals surface area contributed by atoms with Gasteiger partial charge in [-0.25, -0.2) is 0 Å². The zero-order valence-electron chi connectivity index (χ0n) is 16.0. The normalized spacial score (nSPS) is 10.6. The van der Waals surface area contributed by atoms with Crippen LogP contribution < -0.4 is 5.32 Å². The SMILES string of the molecule is O=C(CSc1nnc(-c2cccnc2)o1)Nc1ccc(Cl)cc1C(=O)c1ccccc1. The van der Waals surface area contributed by atoms with Crippen LogP contribution >= 0.6 is 23.4 Å². The lowest BCUT2D eigenvalue weighted by atomic mass is 10.0. The highest BCUT2D eigenvalue weighted by Crippen LogP contribution is 2.25. The highest BCUT2D eigenvalue weighted by atomic mass is 35.5. The maximum atomic E-state index is 12.9. The summed E-state index contributed by atoms with van der Waals surface area (Å²) < 4.78 is 5.56. The van der Waals surface area contributed by atoms with Gasteiger partial charge in [0.1, 0.15) is 0 Å². The lowest BCUT2D eigenvalue weighted by Crippen LogP contribution is -2.17. The van der Waals surface area contributed by atoms with Gasteiger partial charge in [-0.3, -0.25) is 14.6 Å². The molecule has 154 valence electrons. The van der Waals surface area contributed by atoms with Gasteiger partial charge in [0.25, 0.3) is 5.22 Å². The summed E-state index contributed by atoms with van der Waals surface area (Å²) in [7, 11) is 0. The highest BCUT2D eigenvalue weighted by molar-refractivity contribution is 7.99. The summed E-state index contributed by atoms with van der Waals surface area (Å²) in [6.45, 7) is 0. The maximum absolute atomic E-state index is 12.9. The van der Waals surface area contributed by atoms with E-state index in [0.29, 0.717) is 33.3 Å². The number of amides is 1. The predicted octanol–water partition coefficient (Wildman–Crippen LogP) is 4.75. The Bertz CT molecular complexity index is 1220. The van der Waals surface area contributed by atoms with Crippen molar-refractivity contribution >= 4 is 40.7 Å². The first-order valence-corrected chi connectivity index (χ1v) is 10.5. The summed E-state index contributed by atoms with van der Waals surface area (Å²) >= 11 is 7.17. The molecule has 4 aromatic rings. The number of hydrogen-bond donors (Lipinski definition) is 1. The second-order valence-corrected chi connectivity index (χ2v) is 7.70. The van der Waals surface area contributed by atoms with Crippen molar-refractivity contribution in [3.8, 4) is 11.5 Å². The van der Waals surface area contributed by atoms with E-state index in [4.69, 9.17) is 16.0 Å². The monoisotopic (exact) mass is 450 g/mol. The van der Waals surface area contributed by atoms with E-state index in [1.807, 2.05) is 6.07 Å². The van der Waals surface area contributed by atoms with Crippen molar-refractivity contribution in [3.05, 3.63) is 89.2 Å². The van der Waals surface area contributed by atoms with Crippen molar-refractivity contribution in [2.45, 2.75) is 5.22 Å². The molecule has 9 heteroatoms. The third kappa shape index (κ3) is 5.17. The molecule has 0 saturated carbocycles. The van der Waals surface area contributed by atoms with Crippen LogP contribution in [0.4, 0.5) is 5.69 Å². The third-order valence-corrected chi connectivity index (χ3v) is 5.23. The fourth-order valence-electron chi connectivity index (χ4n) is 2.75. The van der Waals surface area contributed by atoms with Gasteiger partial charge in [-0.15, -0.1) is 10.2 Å². The van der Waals surface area contributed by atoms with Gasteiger partial charge in [-0.05, 0) is 30.3 Å². The number of nitrogens with zero attached hydrogens (tertiary/aromatic N) is 3. The number of aromatic nitrogens is 3. The van der Waals surface area contributed by atoms with Gasteiger partial charge in [0.2, 0.25) is 11.8 Å². The first-order chi connectivity index (χ1) is 15.1. The second kappa shape index (κ2) is 9.55. The highest BCUT2D eigenvalue weighted by Gasteiger charge is 2.17. The quantitative estimate of drug-likeness (QED) is 0.320. The molecule has 0 unspecified atom stereocenters. The van der Waals surface area contributed by atoms with Crippen molar-refractivity contribution in [1.29, 1.82) is 0 Å². The van der Waals surface area contributed by atoms with E-state index >= 15 is 0 Å². The zero-order valence-corrected chi connectivity index (χ0v) is 17.6. The molecule has 1 N–H and O–H groups in total. The first-order valence-electron chi connectivity index (χ1n) is 9.16. The van der Waals surface area contributed by atoms with E-state index in [9.17, 15) is 9.59 Å². The molecule has 0 aliphatic heterocycles. The molecule has 1 amide bonds. The fourth-order valence-corrected chi connectivity index (χ4v) is 3.48. The molecule has 31 heavy (non-hydrogen) atoms. The molecule has 0 fully saturated rings. The van der Waals surface area contributed by atoms with Crippen LogP contribution in [-0.2, 0) is 4.79 Å². The van der Waals surface area contributed by atoms with Crippen LogP contribution in [-0.4, -0.2) is 32.6 Å². The summed E-state index contributed by atoms with van der Waals surface area (Å²) in [5, 5.41) is 11.3. The molecule has 0 radical (unpaired) electrons. The molecule has 0 bridgehead atoms. The largest absolute Gasteiger partial charge is 0.411 e. The van der Waals surface area contributed by atoms with Gasteiger partial charge in [0, 0.05) is 28.5 Å². The van der Waals surface area contributed by atoms with Crippen molar-refractivity contribution in [3.63, 3.8) is 0 Å². The minimum Gasteiger partial charge on any atom is -0.411 e. The molecular formula is C22H15ClN4O3S. The van der Waals surface area contributed by atoms with Gasteiger partial charge >= 0.3 is 0 Å². The third-order valence-electron chi connectivity index (χ3n) is 4.18. The number of carbonyl (C=O) groups is 2. The molecule has 4 rings (SSSR count). The Labute approximate surface area is 186 Å². The second-order valence-electron chi connectivity index (χ2n) is 6.34. The minimum absolute atomic E-state index is 0.0241. The van der Waals surface area contributed by atoms with Crippen LogP contribution in [0, 0.1) is 0 Å². The minimum atomic E-state index is -0.324. The predicted molar refractivity (Wildman–Crippen MR) is 118 cm³/mol. The molecule has 0 spiro atoms. The molecule has 0 saturated heterocycles. The van der Waals surface area contributed by atoms with E-state index in [2.05, 4.69) is 20.5 Å². The maximum Gasteiger partial charge on any atom is 0.277 e. The summed E-state index contributed by atoms with van der Waals surface area (Å²) in [5.74, 6) is -0.208. The van der Waals surface area contributed by atoms with Crippen LogP contribution in [0.2, 0.25) is 5.02 Å². The van der Waals surface area contributed by atoms with Crippen molar-refractivity contribution < 1.29 is 14.0 Å². The Kier molecular flexibility index (Phi) is 6.40. The molecular weight excluding hydrogens is 436 g/mol. The Morgan fingerprint density at radius 2 is 1.87 bits per heavy atom. The van der Waals surface area contributed by atoms with E-state index in [-0.39, 0.29) is 22.7 Å². The first kappa shape index (κ1) is 20.8. The van der Waals surface area contributed by atoms with Crippen LogP contribution in [0.3, 0.4) is 0 Å². The Morgan fingerprint density at radius 1 is 1.03 bits per heavy atom. The Hall–Kier alpha value is -3.49. The van der Waals surface area contributed by atoms with E-state index < -0.39 is 0 Å². The van der Waals surface area contributed by atoms with Gasteiger partial charge in [-0.2, -0.15) is 0 Å². The Balaban J connectivity index is 1.43. The van der Waals surface area contributed by atoms with Crippen LogP contribution in [0.15, 0.2) is 82.7 Å².